The molecule has 0 aromatic heterocycles. The highest BCUT2D eigenvalue weighted by atomic mass is 31.2. The van der Waals surface area contributed by atoms with E-state index in [-0.39, 0.29) is 25.7 Å². The quantitative estimate of drug-likeness (QED) is 0.0169. The number of hydrogen-bond donors (Lipinski definition) is 3. The second-order valence-corrected chi connectivity index (χ2v) is 28.4. The molecule has 0 saturated carbocycles. The zero-order valence-electron chi connectivity index (χ0n) is 63.5. The molecule has 0 aliphatic carbocycles. The summed E-state index contributed by atoms with van der Waals surface area (Å²) in [5, 5.41) is 10.6. The molecular formula is C83H138O17P2. The van der Waals surface area contributed by atoms with Crippen molar-refractivity contribution in [3.05, 3.63) is 146 Å². The minimum absolute atomic E-state index is 0.0685. The van der Waals surface area contributed by atoms with Crippen LogP contribution in [-0.2, 0) is 65.4 Å². The maximum Gasteiger partial charge on any atom is 0.472 e. The fourth-order valence-electron chi connectivity index (χ4n) is 9.91. The van der Waals surface area contributed by atoms with Gasteiger partial charge >= 0.3 is 39.5 Å². The Balaban J connectivity index is 5.40. The van der Waals surface area contributed by atoms with Crippen molar-refractivity contribution in [2.24, 2.45) is 0 Å². The molecule has 0 aliphatic heterocycles. The number of aliphatic hydroxyl groups is 1. The standard InChI is InChI=1S/C83H138O17P2/c1-5-9-13-17-21-25-29-32-35-38-41-44-48-51-55-59-63-67-80(85)93-73-78(99-82(87)69-65-61-57-53-47-28-24-20-16-12-8-4)75-97-101(89,90)95-71-77(84)72-96-102(91,92)98-76-79(100-83(88)70-66-62-58-54-50-46-43-40-37-34-31-27-23-19-15-11-7-3)74-94-81(86)68-64-60-56-52-49-45-42-39-36-33-30-26-22-18-14-10-6-2/h9-11,13-15,20-27,32-37,41,44,51,55,77-79,84H,5-8,12,16-19,28-31,38-40,42-43,45-50,52-54,56-76H2,1-4H3,(H,89,90)(H,91,92)/b13-9-,14-10-,15-11-,24-20-,25-21-,26-22-,27-23-,35-32-,36-33-,37-34-,44-41-,55-51-. The number of aliphatic hydroxyl groups excluding tert-OH is 1. The summed E-state index contributed by atoms with van der Waals surface area (Å²) in [5.74, 6) is -2.28. The summed E-state index contributed by atoms with van der Waals surface area (Å²) in [4.78, 5) is 72.9. The number of rotatable bonds is 72. The number of carbonyl (C=O) groups excluding carboxylic acids is 4. The van der Waals surface area contributed by atoms with Crippen molar-refractivity contribution in [3.8, 4) is 0 Å². The predicted octanol–water partition coefficient (Wildman–Crippen LogP) is 22.7. The minimum Gasteiger partial charge on any atom is -0.462 e. The van der Waals surface area contributed by atoms with Crippen LogP contribution in [0.2, 0.25) is 0 Å². The highest BCUT2D eigenvalue weighted by Gasteiger charge is 2.30. The topological polar surface area (TPSA) is 237 Å². The van der Waals surface area contributed by atoms with E-state index < -0.39 is 97.5 Å². The Morgan fingerprint density at radius 3 is 0.833 bits per heavy atom. The molecule has 0 saturated heterocycles. The van der Waals surface area contributed by atoms with Gasteiger partial charge in [-0.25, -0.2) is 9.13 Å². The molecule has 0 radical (unpaired) electrons. The fraction of sp³-hybridized carbons (Fsp3) is 0.663. The van der Waals surface area contributed by atoms with E-state index in [2.05, 4.69) is 161 Å². The molecule has 17 nitrogen and oxygen atoms in total. The summed E-state index contributed by atoms with van der Waals surface area (Å²) in [6.45, 7) is 4.40. The third-order valence-electron chi connectivity index (χ3n) is 15.8. The normalized spacial score (nSPS) is 14.7. The number of ether oxygens (including phenoxy) is 4. The highest BCUT2D eigenvalue weighted by molar-refractivity contribution is 7.47. The lowest BCUT2D eigenvalue weighted by Crippen LogP contribution is -2.30. The first kappa shape index (κ1) is 96.9. The maximum atomic E-state index is 13.1. The van der Waals surface area contributed by atoms with Crippen LogP contribution in [0.1, 0.15) is 297 Å². The average molecular weight is 1470 g/mol. The molecule has 102 heavy (non-hydrogen) atoms. The Labute approximate surface area is 617 Å². The fourth-order valence-corrected chi connectivity index (χ4v) is 11.5. The lowest BCUT2D eigenvalue weighted by Gasteiger charge is -2.21. The molecule has 582 valence electrons. The number of phosphoric ester groups is 2. The zero-order valence-corrected chi connectivity index (χ0v) is 65.3. The van der Waals surface area contributed by atoms with Crippen molar-refractivity contribution in [1.29, 1.82) is 0 Å². The summed E-state index contributed by atoms with van der Waals surface area (Å²) in [5.41, 5.74) is 0. The van der Waals surface area contributed by atoms with Gasteiger partial charge in [0.05, 0.1) is 26.4 Å². The maximum absolute atomic E-state index is 13.1. The molecule has 3 N–H and O–H groups in total. The van der Waals surface area contributed by atoms with Crippen LogP contribution in [0.5, 0.6) is 0 Å². The summed E-state index contributed by atoms with van der Waals surface area (Å²) in [6, 6.07) is 0. The summed E-state index contributed by atoms with van der Waals surface area (Å²) < 4.78 is 68.5. The van der Waals surface area contributed by atoms with Gasteiger partial charge in [0.25, 0.3) is 0 Å². The molecule has 0 heterocycles. The van der Waals surface area contributed by atoms with Gasteiger partial charge in [-0.05, 0) is 148 Å². The first-order valence-electron chi connectivity index (χ1n) is 39.1. The van der Waals surface area contributed by atoms with E-state index in [1.807, 2.05) is 12.2 Å². The van der Waals surface area contributed by atoms with Crippen LogP contribution in [0, 0.1) is 0 Å². The van der Waals surface area contributed by atoms with Crippen molar-refractivity contribution in [2.75, 3.05) is 39.6 Å². The van der Waals surface area contributed by atoms with E-state index in [4.69, 9.17) is 37.0 Å². The monoisotopic (exact) mass is 1470 g/mol. The van der Waals surface area contributed by atoms with Gasteiger partial charge in [-0.2, -0.15) is 0 Å². The Morgan fingerprint density at radius 2 is 0.520 bits per heavy atom. The zero-order chi connectivity index (χ0) is 74.6. The number of unbranched alkanes of at least 4 members (excludes halogenated alkanes) is 22. The first-order chi connectivity index (χ1) is 49.7. The predicted molar refractivity (Wildman–Crippen MR) is 417 cm³/mol. The van der Waals surface area contributed by atoms with Crippen LogP contribution in [-0.4, -0.2) is 96.7 Å². The van der Waals surface area contributed by atoms with E-state index in [1.165, 1.54) is 12.8 Å². The van der Waals surface area contributed by atoms with Crippen LogP contribution in [0.3, 0.4) is 0 Å². The Hall–Kier alpha value is -5.06. The largest absolute Gasteiger partial charge is 0.472 e. The Bertz CT molecular complexity index is 2510. The molecule has 0 aromatic carbocycles. The highest BCUT2D eigenvalue weighted by Crippen LogP contribution is 2.45. The number of allylic oxidation sites excluding steroid dienone is 24. The van der Waals surface area contributed by atoms with Crippen molar-refractivity contribution in [3.63, 3.8) is 0 Å². The molecular weight excluding hydrogens is 1330 g/mol. The third kappa shape index (κ3) is 73.3. The van der Waals surface area contributed by atoms with Gasteiger partial charge in [0.15, 0.2) is 12.2 Å². The SMILES string of the molecule is CC/C=C\C/C=C\C/C=C\C/C=C\C/C=C\CCCC(=O)OCC(COP(=O)(O)OCC(O)COP(=O)(O)OCC(COC(=O)CCCCCCCCC/C=C\C/C=C\C/C=C\CC)OC(=O)CCCCCCCCC/C=C\C/C=C\C/C=C\CC)OC(=O)CCCCCCC/C=C\CCCC. The van der Waals surface area contributed by atoms with E-state index in [0.29, 0.717) is 32.1 Å². The molecule has 0 aliphatic rings. The van der Waals surface area contributed by atoms with E-state index in [0.717, 1.165) is 199 Å². The van der Waals surface area contributed by atoms with Crippen molar-refractivity contribution < 1.29 is 80.2 Å². The summed E-state index contributed by atoms with van der Waals surface area (Å²) in [7, 11) is -9.98. The van der Waals surface area contributed by atoms with E-state index >= 15 is 0 Å². The molecule has 5 atom stereocenters. The number of carbonyl (C=O) groups is 4. The smallest absolute Gasteiger partial charge is 0.462 e. The molecule has 0 bridgehead atoms. The molecule has 0 rings (SSSR count). The molecule has 0 spiro atoms. The van der Waals surface area contributed by atoms with Gasteiger partial charge in [0, 0.05) is 25.7 Å². The summed E-state index contributed by atoms with van der Waals surface area (Å²) >= 11 is 0. The molecule has 0 aromatic rings. The van der Waals surface area contributed by atoms with Gasteiger partial charge in [-0.3, -0.25) is 37.3 Å². The lowest BCUT2D eigenvalue weighted by atomic mass is 10.1. The van der Waals surface area contributed by atoms with Gasteiger partial charge in [-0.1, -0.05) is 270 Å². The lowest BCUT2D eigenvalue weighted by molar-refractivity contribution is -0.161. The Morgan fingerprint density at radius 1 is 0.284 bits per heavy atom. The second-order valence-electron chi connectivity index (χ2n) is 25.5. The van der Waals surface area contributed by atoms with Crippen LogP contribution in [0.4, 0.5) is 0 Å². The van der Waals surface area contributed by atoms with Crippen LogP contribution in [0.25, 0.3) is 0 Å². The second kappa shape index (κ2) is 74.2. The number of esters is 4. The first-order valence-corrected chi connectivity index (χ1v) is 42.1. The minimum atomic E-state index is -4.99. The van der Waals surface area contributed by atoms with Crippen molar-refractivity contribution >= 4 is 39.5 Å². The average Bonchev–Trinajstić information content (AvgIpc) is 0.923. The molecule has 5 unspecified atom stereocenters. The number of phosphoric acid groups is 2. The Kier molecular flexibility index (Phi) is 70.5. The van der Waals surface area contributed by atoms with Crippen LogP contribution in [0.15, 0.2) is 146 Å². The van der Waals surface area contributed by atoms with Crippen LogP contribution < -0.4 is 0 Å². The van der Waals surface area contributed by atoms with Gasteiger partial charge in [-0.15, -0.1) is 0 Å². The molecule has 0 amide bonds. The summed E-state index contributed by atoms with van der Waals surface area (Å²) in [6.07, 6.45) is 84.1. The van der Waals surface area contributed by atoms with Crippen molar-refractivity contribution in [2.45, 2.75) is 316 Å². The van der Waals surface area contributed by atoms with E-state index in [9.17, 15) is 43.2 Å². The van der Waals surface area contributed by atoms with Gasteiger partial charge < -0.3 is 33.8 Å². The van der Waals surface area contributed by atoms with Gasteiger partial charge in [0.2, 0.25) is 0 Å². The van der Waals surface area contributed by atoms with Gasteiger partial charge in [0.1, 0.15) is 19.3 Å². The van der Waals surface area contributed by atoms with Crippen LogP contribution >= 0.6 is 15.6 Å². The molecule has 0 fully saturated rings. The third-order valence-corrected chi connectivity index (χ3v) is 17.7. The van der Waals surface area contributed by atoms with E-state index in [1.54, 1.807) is 0 Å². The molecule has 19 heteroatoms. The number of hydrogen-bond acceptors (Lipinski definition) is 15. The van der Waals surface area contributed by atoms with Crippen molar-refractivity contribution in [1.82, 2.24) is 0 Å².